The van der Waals surface area contributed by atoms with Gasteiger partial charge in [0.15, 0.2) is 16.3 Å². The van der Waals surface area contributed by atoms with Crippen LogP contribution in [0.25, 0.3) is 6.08 Å². The molecule has 8 heteroatoms. The molecule has 4 rings (SSSR count). The molecule has 0 saturated carbocycles. The predicted molar refractivity (Wildman–Crippen MR) is 140 cm³/mol. The summed E-state index contributed by atoms with van der Waals surface area (Å²) in [4.78, 5) is 31.7. The number of esters is 1. The van der Waals surface area contributed by atoms with Gasteiger partial charge in [-0.2, -0.15) is 0 Å². The summed E-state index contributed by atoms with van der Waals surface area (Å²) >= 11 is 1.29. The molecule has 0 saturated heterocycles. The number of rotatable bonds is 5. The second-order valence-electron chi connectivity index (χ2n) is 9.56. The Balaban J connectivity index is 1.92. The highest BCUT2D eigenvalue weighted by molar-refractivity contribution is 7.07. The molecule has 0 amide bonds. The lowest BCUT2D eigenvalue weighted by atomic mass is 9.87. The summed E-state index contributed by atoms with van der Waals surface area (Å²) in [6.07, 6.45) is 1.86. The molecule has 0 aliphatic carbocycles. The highest BCUT2D eigenvalue weighted by Gasteiger charge is 2.33. The van der Waals surface area contributed by atoms with Crippen molar-refractivity contribution in [2.45, 2.75) is 39.2 Å². The predicted octanol–water partition coefficient (Wildman–Crippen LogP) is 3.72. The van der Waals surface area contributed by atoms with Crippen LogP contribution in [0.4, 0.5) is 0 Å². The van der Waals surface area contributed by atoms with Crippen molar-refractivity contribution in [3.63, 3.8) is 0 Å². The van der Waals surface area contributed by atoms with Crippen LogP contribution in [0.3, 0.4) is 0 Å². The van der Waals surface area contributed by atoms with E-state index in [-0.39, 0.29) is 11.0 Å². The molecule has 1 aliphatic heterocycles. The number of nitrogens with zero attached hydrogens (tertiary/aromatic N) is 2. The Morgan fingerprint density at radius 3 is 2.28 bits per heavy atom. The minimum absolute atomic E-state index is 0.0408. The number of hydrogen-bond acceptors (Lipinski definition) is 7. The summed E-state index contributed by atoms with van der Waals surface area (Å²) in [6, 6.07) is 12.8. The van der Waals surface area contributed by atoms with E-state index in [2.05, 4.69) is 37.9 Å². The molecule has 1 atom stereocenters. The van der Waals surface area contributed by atoms with Crippen molar-refractivity contribution in [2.75, 3.05) is 21.3 Å². The quantitative estimate of drug-likeness (QED) is 0.493. The lowest BCUT2D eigenvalue weighted by Gasteiger charge is -2.25. The van der Waals surface area contributed by atoms with E-state index in [1.54, 1.807) is 37.8 Å². The average molecular weight is 507 g/mol. The van der Waals surface area contributed by atoms with Gasteiger partial charge in [-0.1, -0.05) is 62.4 Å². The fraction of sp³-hybridized carbons (Fsp3) is 0.321. The van der Waals surface area contributed by atoms with Crippen molar-refractivity contribution >= 4 is 23.4 Å². The Labute approximate surface area is 214 Å². The van der Waals surface area contributed by atoms with Crippen molar-refractivity contribution < 1.29 is 19.0 Å². The Bertz CT molecular complexity index is 1520. The van der Waals surface area contributed by atoms with Gasteiger partial charge >= 0.3 is 5.97 Å². The van der Waals surface area contributed by atoms with E-state index in [4.69, 9.17) is 14.2 Å². The second-order valence-corrected chi connectivity index (χ2v) is 10.6. The number of carbonyl (C=O) groups is 1. The van der Waals surface area contributed by atoms with Gasteiger partial charge in [-0.05, 0) is 47.2 Å². The molecule has 7 nitrogen and oxygen atoms in total. The fourth-order valence-electron chi connectivity index (χ4n) is 4.26. The Morgan fingerprint density at radius 1 is 1.03 bits per heavy atom. The van der Waals surface area contributed by atoms with Gasteiger partial charge in [-0.3, -0.25) is 9.36 Å². The molecule has 2 aromatic carbocycles. The van der Waals surface area contributed by atoms with Gasteiger partial charge in [0.05, 0.1) is 43.2 Å². The topological polar surface area (TPSA) is 79.1 Å². The van der Waals surface area contributed by atoms with Crippen molar-refractivity contribution in [3.8, 4) is 11.5 Å². The van der Waals surface area contributed by atoms with Crippen molar-refractivity contribution in [1.82, 2.24) is 4.57 Å². The van der Waals surface area contributed by atoms with Gasteiger partial charge in [-0.15, -0.1) is 0 Å². The number of thiazole rings is 1. The Hall–Kier alpha value is -3.65. The molecule has 188 valence electrons. The zero-order valence-corrected chi connectivity index (χ0v) is 22.4. The van der Waals surface area contributed by atoms with Crippen LogP contribution >= 0.6 is 11.3 Å². The van der Waals surface area contributed by atoms with Crippen LogP contribution in [-0.4, -0.2) is 31.9 Å². The molecule has 0 bridgehead atoms. The number of carbonyl (C=O) groups excluding carboxylic acids is 1. The van der Waals surface area contributed by atoms with Crippen LogP contribution in [0, 0.1) is 0 Å². The number of fused-ring (bicyclic) bond motifs is 1. The minimum Gasteiger partial charge on any atom is -0.493 e. The molecular formula is C28H30N2O5S. The molecule has 0 unspecified atom stereocenters. The molecule has 0 spiro atoms. The van der Waals surface area contributed by atoms with Crippen LogP contribution in [0.5, 0.6) is 11.5 Å². The average Bonchev–Trinajstić information content (AvgIpc) is 3.16. The van der Waals surface area contributed by atoms with Gasteiger partial charge in [-0.25, -0.2) is 9.79 Å². The van der Waals surface area contributed by atoms with E-state index >= 15 is 0 Å². The van der Waals surface area contributed by atoms with E-state index in [9.17, 15) is 9.59 Å². The number of hydrogen-bond donors (Lipinski definition) is 0. The van der Waals surface area contributed by atoms with Crippen LogP contribution in [0.1, 0.15) is 50.4 Å². The summed E-state index contributed by atoms with van der Waals surface area (Å²) in [6.45, 7) is 8.24. The molecule has 0 fully saturated rings. The standard InChI is InChI=1S/C28H30N2O5S/c1-16-23(26(32)35-7)24(18-10-13-20(33-5)21(15-18)34-6)30-25(31)22(36-27(30)29-16)14-17-8-11-19(12-9-17)28(2,3)4/h8-15,24H,1-7H3/b22-14-/t24-/m1/s1. The van der Waals surface area contributed by atoms with Crippen LogP contribution in [0.15, 0.2) is 63.5 Å². The van der Waals surface area contributed by atoms with Gasteiger partial charge in [0.25, 0.3) is 5.56 Å². The van der Waals surface area contributed by atoms with Crippen LogP contribution in [-0.2, 0) is 14.9 Å². The first-order chi connectivity index (χ1) is 17.1. The number of allylic oxidation sites excluding steroid dienone is 1. The maximum atomic E-state index is 13.7. The normalized spacial score (nSPS) is 15.9. The van der Waals surface area contributed by atoms with Gasteiger partial charge in [0, 0.05) is 0 Å². The summed E-state index contributed by atoms with van der Waals surface area (Å²) in [5, 5.41) is 0. The second kappa shape index (κ2) is 9.78. The fourth-order valence-corrected chi connectivity index (χ4v) is 5.31. The van der Waals surface area contributed by atoms with E-state index < -0.39 is 12.0 Å². The molecule has 0 radical (unpaired) electrons. The Kier molecular flexibility index (Phi) is 6.91. The first-order valence-corrected chi connectivity index (χ1v) is 12.3. The maximum Gasteiger partial charge on any atom is 0.338 e. The van der Waals surface area contributed by atoms with Gasteiger partial charge in [0.1, 0.15) is 0 Å². The van der Waals surface area contributed by atoms with Crippen molar-refractivity contribution in [2.24, 2.45) is 4.99 Å². The molecular weight excluding hydrogens is 476 g/mol. The van der Waals surface area contributed by atoms with E-state index in [1.807, 2.05) is 24.3 Å². The zero-order valence-electron chi connectivity index (χ0n) is 21.5. The lowest BCUT2D eigenvalue weighted by Crippen LogP contribution is -2.39. The highest BCUT2D eigenvalue weighted by Crippen LogP contribution is 2.36. The molecule has 3 aromatic rings. The molecule has 1 aliphatic rings. The molecule has 36 heavy (non-hydrogen) atoms. The van der Waals surface area contributed by atoms with Crippen LogP contribution in [0.2, 0.25) is 0 Å². The van der Waals surface area contributed by atoms with E-state index in [0.29, 0.717) is 37.7 Å². The molecule has 2 heterocycles. The monoisotopic (exact) mass is 506 g/mol. The highest BCUT2D eigenvalue weighted by atomic mass is 32.1. The third kappa shape index (κ3) is 4.60. The zero-order chi connectivity index (χ0) is 26.2. The first kappa shape index (κ1) is 25.4. The number of aromatic nitrogens is 1. The van der Waals surface area contributed by atoms with Crippen LogP contribution < -0.4 is 24.4 Å². The van der Waals surface area contributed by atoms with Gasteiger partial charge < -0.3 is 14.2 Å². The summed E-state index contributed by atoms with van der Waals surface area (Å²) < 4.78 is 18.0. The number of methoxy groups -OCH3 is 3. The number of benzene rings is 2. The third-order valence-electron chi connectivity index (χ3n) is 6.22. The SMILES string of the molecule is COC(=O)C1=C(C)N=c2s/c(=C\c3ccc(C(C)(C)C)cc3)c(=O)n2[C@@H]1c1ccc(OC)c(OC)c1. The maximum absolute atomic E-state index is 13.7. The lowest BCUT2D eigenvalue weighted by molar-refractivity contribution is -0.136. The molecule has 0 N–H and O–H groups in total. The smallest absolute Gasteiger partial charge is 0.338 e. The summed E-state index contributed by atoms with van der Waals surface area (Å²) in [5.74, 6) is 0.505. The van der Waals surface area contributed by atoms with E-state index in [1.165, 1.54) is 24.0 Å². The van der Waals surface area contributed by atoms with Crippen molar-refractivity contribution in [1.29, 1.82) is 0 Å². The summed E-state index contributed by atoms with van der Waals surface area (Å²) in [5.41, 5.74) is 3.44. The first-order valence-electron chi connectivity index (χ1n) is 11.5. The van der Waals surface area contributed by atoms with E-state index in [0.717, 1.165) is 5.56 Å². The van der Waals surface area contributed by atoms with Gasteiger partial charge in [0.2, 0.25) is 0 Å². The number of ether oxygens (including phenoxy) is 3. The third-order valence-corrected chi connectivity index (χ3v) is 7.21. The molecule has 1 aromatic heterocycles. The Morgan fingerprint density at radius 2 is 1.69 bits per heavy atom. The summed E-state index contributed by atoms with van der Waals surface area (Å²) in [7, 11) is 4.42. The minimum atomic E-state index is -0.723. The largest absolute Gasteiger partial charge is 0.493 e. The van der Waals surface area contributed by atoms with Crippen molar-refractivity contribution in [3.05, 3.63) is 90.1 Å².